The quantitative estimate of drug-likeness (QED) is 0.669. The third-order valence-electron chi connectivity index (χ3n) is 4.79. The summed E-state index contributed by atoms with van der Waals surface area (Å²) < 4.78 is 5.95. The smallest absolute Gasteiger partial charge is 0.0795 e. The normalized spacial score (nSPS) is 50.8. The molecule has 0 radical (unpaired) electrons. The maximum atomic E-state index is 11.0. The van der Waals surface area contributed by atoms with Gasteiger partial charge in [-0.25, -0.2) is 0 Å². The van der Waals surface area contributed by atoms with E-state index in [9.17, 15) is 5.11 Å². The van der Waals surface area contributed by atoms with E-state index in [0.717, 1.165) is 12.8 Å². The van der Waals surface area contributed by atoms with E-state index in [1.54, 1.807) is 0 Å². The molecular weight excluding hydrogens is 188 g/mol. The summed E-state index contributed by atoms with van der Waals surface area (Å²) in [5.41, 5.74) is -0.659. The molecule has 0 aromatic heterocycles. The molecule has 2 rings (SSSR count). The van der Waals surface area contributed by atoms with Gasteiger partial charge >= 0.3 is 0 Å². The molecule has 0 aliphatic carbocycles. The molecule has 2 aliphatic heterocycles. The van der Waals surface area contributed by atoms with Crippen molar-refractivity contribution < 1.29 is 9.84 Å². The first-order chi connectivity index (χ1) is 6.78. The van der Waals surface area contributed by atoms with Crippen molar-refractivity contribution in [3.05, 3.63) is 0 Å². The average molecular weight is 212 g/mol. The Bertz CT molecular complexity index is 238. The summed E-state index contributed by atoms with van der Waals surface area (Å²) in [4.78, 5) is 0. The van der Waals surface area contributed by atoms with Crippen LogP contribution in [0.3, 0.4) is 0 Å². The van der Waals surface area contributed by atoms with E-state index >= 15 is 0 Å². The fourth-order valence-electron chi connectivity index (χ4n) is 3.77. The molecule has 1 unspecified atom stereocenters. The Morgan fingerprint density at radius 2 is 1.47 bits per heavy atom. The van der Waals surface area contributed by atoms with Gasteiger partial charge in [0.2, 0.25) is 0 Å². The fraction of sp³-hybridized carbons (Fsp3) is 1.00. The number of fused-ring (bicyclic) bond motifs is 2. The first kappa shape index (κ1) is 11.4. The van der Waals surface area contributed by atoms with Gasteiger partial charge in [-0.1, -0.05) is 34.6 Å². The molecule has 2 heterocycles. The van der Waals surface area contributed by atoms with Gasteiger partial charge in [0.15, 0.2) is 0 Å². The van der Waals surface area contributed by atoms with Gasteiger partial charge < -0.3 is 9.84 Å². The van der Waals surface area contributed by atoms with Gasteiger partial charge in [0.1, 0.15) is 0 Å². The minimum absolute atomic E-state index is 0.0730. The molecule has 0 saturated carbocycles. The average Bonchev–Trinajstić information content (AvgIpc) is 2.56. The third kappa shape index (κ3) is 1.38. The highest BCUT2D eigenvalue weighted by molar-refractivity contribution is 5.08. The molecule has 0 aromatic carbocycles. The Hall–Kier alpha value is -0.0800. The second kappa shape index (κ2) is 3.21. The van der Waals surface area contributed by atoms with E-state index in [1.807, 2.05) is 0 Å². The number of ether oxygens (including phenoxy) is 1. The summed E-state index contributed by atoms with van der Waals surface area (Å²) in [5.74, 6) is 0.484. The monoisotopic (exact) mass is 212 g/mol. The molecule has 88 valence electrons. The molecule has 2 heteroatoms. The van der Waals surface area contributed by atoms with Crippen LogP contribution in [0.2, 0.25) is 0 Å². The summed E-state index contributed by atoms with van der Waals surface area (Å²) in [6.45, 7) is 10.7. The van der Waals surface area contributed by atoms with Crippen LogP contribution in [0.5, 0.6) is 0 Å². The predicted octanol–water partition coefficient (Wildman–Crippen LogP) is 2.60. The van der Waals surface area contributed by atoms with Gasteiger partial charge in [-0.2, -0.15) is 0 Å². The first-order valence-electron chi connectivity index (χ1n) is 6.16. The number of rotatable bonds is 0. The van der Waals surface area contributed by atoms with E-state index in [0.29, 0.717) is 0 Å². The topological polar surface area (TPSA) is 29.5 Å². The lowest BCUT2D eigenvalue weighted by molar-refractivity contribution is -0.231. The van der Waals surface area contributed by atoms with Gasteiger partial charge in [0.25, 0.3) is 0 Å². The maximum absolute atomic E-state index is 11.0. The molecule has 2 fully saturated rings. The highest BCUT2D eigenvalue weighted by Crippen LogP contribution is 2.53. The highest BCUT2D eigenvalue weighted by atomic mass is 16.5. The van der Waals surface area contributed by atoms with Crippen molar-refractivity contribution in [3.8, 4) is 0 Å². The lowest BCUT2D eigenvalue weighted by Gasteiger charge is -2.54. The van der Waals surface area contributed by atoms with Crippen molar-refractivity contribution in [1.29, 1.82) is 0 Å². The van der Waals surface area contributed by atoms with Crippen LogP contribution in [0.25, 0.3) is 0 Å². The first-order valence-corrected chi connectivity index (χ1v) is 6.16. The molecule has 5 atom stereocenters. The third-order valence-corrected chi connectivity index (χ3v) is 4.79. The Morgan fingerprint density at radius 1 is 1.07 bits per heavy atom. The maximum Gasteiger partial charge on any atom is 0.0795 e. The van der Waals surface area contributed by atoms with Crippen LogP contribution in [0.1, 0.15) is 47.5 Å². The summed E-state index contributed by atoms with van der Waals surface area (Å²) >= 11 is 0. The SMILES string of the molecule is C[C@@H]1[C@H]2CC[C@H](O2)[C@H](C)C1(O)C(C)(C)C. The Morgan fingerprint density at radius 3 is 1.80 bits per heavy atom. The summed E-state index contributed by atoms with van der Waals surface area (Å²) in [5, 5.41) is 11.0. The lowest BCUT2D eigenvalue weighted by Crippen LogP contribution is -2.61. The van der Waals surface area contributed by atoms with Crippen molar-refractivity contribution in [2.75, 3.05) is 0 Å². The number of hydrogen-bond acceptors (Lipinski definition) is 2. The molecule has 2 bridgehead atoms. The van der Waals surface area contributed by atoms with Gasteiger partial charge in [0, 0.05) is 11.8 Å². The zero-order chi connectivity index (χ0) is 11.4. The highest BCUT2D eigenvalue weighted by Gasteiger charge is 2.59. The van der Waals surface area contributed by atoms with Crippen LogP contribution in [-0.4, -0.2) is 22.9 Å². The van der Waals surface area contributed by atoms with Crippen molar-refractivity contribution >= 4 is 0 Å². The van der Waals surface area contributed by atoms with Crippen molar-refractivity contribution in [3.63, 3.8) is 0 Å². The Kier molecular flexibility index (Phi) is 2.44. The van der Waals surface area contributed by atoms with E-state index in [4.69, 9.17) is 4.74 Å². The van der Waals surface area contributed by atoms with Crippen LogP contribution in [0, 0.1) is 17.3 Å². The predicted molar refractivity (Wildman–Crippen MR) is 60.6 cm³/mol. The van der Waals surface area contributed by atoms with Gasteiger partial charge in [0.05, 0.1) is 17.8 Å². The van der Waals surface area contributed by atoms with Gasteiger partial charge in [-0.3, -0.25) is 0 Å². The second-order valence-corrected chi connectivity index (χ2v) is 6.44. The Labute approximate surface area is 93.0 Å². The van der Waals surface area contributed by atoms with E-state index in [1.165, 1.54) is 0 Å². The fourth-order valence-corrected chi connectivity index (χ4v) is 3.77. The molecule has 2 saturated heterocycles. The minimum atomic E-state index is -0.586. The van der Waals surface area contributed by atoms with E-state index in [2.05, 4.69) is 34.6 Å². The van der Waals surface area contributed by atoms with Crippen molar-refractivity contribution in [1.82, 2.24) is 0 Å². The van der Waals surface area contributed by atoms with Gasteiger partial charge in [-0.05, 0) is 18.3 Å². The summed E-state index contributed by atoms with van der Waals surface area (Å²) in [6.07, 6.45) is 2.79. The van der Waals surface area contributed by atoms with Crippen LogP contribution in [0.4, 0.5) is 0 Å². The molecule has 0 spiro atoms. The zero-order valence-electron chi connectivity index (χ0n) is 10.6. The largest absolute Gasteiger partial charge is 0.389 e. The molecule has 2 aliphatic rings. The molecule has 15 heavy (non-hydrogen) atoms. The van der Waals surface area contributed by atoms with Crippen LogP contribution in [0.15, 0.2) is 0 Å². The number of hydrogen-bond donors (Lipinski definition) is 1. The van der Waals surface area contributed by atoms with E-state index in [-0.39, 0.29) is 29.5 Å². The number of aliphatic hydroxyl groups is 1. The summed E-state index contributed by atoms with van der Waals surface area (Å²) in [7, 11) is 0. The molecule has 0 aromatic rings. The van der Waals surface area contributed by atoms with E-state index < -0.39 is 5.60 Å². The zero-order valence-corrected chi connectivity index (χ0v) is 10.6. The van der Waals surface area contributed by atoms with Crippen molar-refractivity contribution in [2.24, 2.45) is 17.3 Å². The van der Waals surface area contributed by atoms with Crippen LogP contribution in [-0.2, 0) is 4.74 Å². The molecule has 1 N–H and O–H groups in total. The minimum Gasteiger partial charge on any atom is -0.389 e. The summed E-state index contributed by atoms with van der Waals surface area (Å²) in [6, 6.07) is 0. The lowest BCUT2D eigenvalue weighted by atomic mass is 9.60. The van der Waals surface area contributed by atoms with Gasteiger partial charge in [-0.15, -0.1) is 0 Å². The van der Waals surface area contributed by atoms with Crippen molar-refractivity contribution in [2.45, 2.75) is 65.3 Å². The molecular formula is C13H24O2. The molecule has 0 amide bonds. The Balaban J connectivity index is 2.38. The van der Waals surface area contributed by atoms with Crippen LogP contribution < -0.4 is 0 Å². The standard InChI is InChI=1S/C13H24O2/c1-8-10-6-7-11(15-10)9(2)13(8,14)12(3,4)5/h8-11,14H,6-7H2,1-5H3/t8-,9+,10-,11+,13?. The second-order valence-electron chi connectivity index (χ2n) is 6.44. The van der Waals surface area contributed by atoms with Crippen LogP contribution >= 0.6 is 0 Å². The molecule has 2 nitrogen and oxygen atoms in total.